The first-order valence-corrected chi connectivity index (χ1v) is 9.11. The molecule has 0 N–H and O–H groups in total. The summed E-state index contributed by atoms with van der Waals surface area (Å²) in [6.07, 6.45) is 0.239. The molecule has 0 saturated heterocycles. The van der Waals surface area contributed by atoms with E-state index in [9.17, 15) is 9.59 Å². The first-order chi connectivity index (χ1) is 13.7. The second-order valence-corrected chi connectivity index (χ2v) is 6.72. The van der Waals surface area contributed by atoms with Crippen molar-refractivity contribution in [1.82, 2.24) is 0 Å². The third-order valence-corrected chi connectivity index (χ3v) is 5.19. The molecule has 0 aromatic heterocycles. The lowest BCUT2D eigenvalue weighted by atomic mass is 9.79. The van der Waals surface area contributed by atoms with Gasteiger partial charge in [-0.25, -0.2) is 0 Å². The van der Waals surface area contributed by atoms with Crippen LogP contribution >= 0.6 is 0 Å². The molecule has 4 rings (SSSR count). The Morgan fingerprint density at radius 1 is 0.750 bits per heavy atom. The summed E-state index contributed by atoms with van der Waals surface area (Å²) in [5.41, 5.74) is 3.32. The monoisotopic (exact) mass is 372 g/mol. The maximum absolute atomic E-state index is 13.4. The standard InChI is InChI=1S/C24H20O4/c1-27-19-13-12-18(20(28-2)14-15-8-4-3-5-9-15)21-22(19)24(26)17-11-7-6-10-16(17)23(21)25/h3-13,20H,14H2,1-2H3. The molecular formula is C24H20O4. The molecule has 0 fully saturated rings. The van der Waals surface area contributed by atoms with Crippen molar-refractivity contribution >= 4 is 11.6 Å². The third-order valence-electron chi connectivity index (χ3n) is 5.19. The van der Waals surface area contributed by atoms with Gasteiger partial charge in [0, 0.05) is 30.2 Å². The Morgan fingerprint density at radius 2 is 1.36 bits per heavy atom. The molecule has 1 aliphatic carbocycles. The topological polar surface area (TPSA) is 52.6 Å². The number of methoxy groups -OCH3 is 2. The van der Waals surface area contributed by atoms with Crippen molar-refractivity contribution in [3.63, 3.8) is 0 Å². The van der Waals surface area contributed by atoms with Crippen LogP contribution in [0.25, 0.3) is 0 Å². The van der Waals surface area contributed by atoms with Crippen LogP contribution in [-0.4, -0.2) is 25.8 Å². The second kappa shape index (κ2) is 7.41. The number of ketones is 2. The number of carbonyl (C=O) groups excluding carboxylic acids is 2. The van der Waals surface area contributed by atoms with Crippen LogP contribution in [0.4, 0.5) is 0 Å². The summed E-state index contributed by atoms with van der Waals surface area (Å²) in [6, 6.07) is 20.4. The van der Waals surface area contributed by atoms with E-state index in [1.165, 1.54) is 7.11 Å². The van der Waals surface area contributed by atoms with Gasteiger partial charge in [-0.3, -0.25) is 9.59 Å². The minimum atomic E-state index is -0.357. The van der Waals surface area contributed by atoms with Crippen molar-refractivity contribution in [2.75, 3.05) is 14.2 Å². The van der Waals surface area contributed by atoms with Crippen LogP contribution in [-0.2, 0) is 11.2 Å². The quantitative estimate of drug-likeness (QED) is 0.521. The van der Waals surface area contributed by atoms with E-state index < -0.39 is 0 Å². The number of rotatable bonds is 5. The Labute approximate surface area is 163 Å². The molecule has 140 valence electrons. The molecule has 0 aliphatic heterocycles. The zero-order chi connectivity index (χ0) is 19.7. The van der Waals surface area contributed by atoms with Gasteiger partial charge in [-0.2, -0.15) is 0 Å². The van der Waals surface area contributed by atoms with Gasteiger partial charge >= 0.3 is 0 Å². The van der Waals surface area contributed by atoms with Crippen molar-refractivity contribution in [3.05, 3.63) is 100 Å². The Bertz CT molecular complexity index is 1050. The van der Waals surface area contributed by atoms with E-state index in [2.05, 4.69) is 0 Å². The van der Waals surface area contributed by atoms with E-state index in [0.29, 0.717) is 40.0 Å². The van der Waals surface area contributed by atoms with E-state index in [4.69, 9.17) is 9.47 Å². The highest BCUT2D eigenvalue weighted by atomic mass is 16.5. The van der Waals surface area contributed by atoms with Crippen molar-refractivity contribution in [2.45, 2.75) is 12.5 Å². The van der Waals surface area contributed by atoms with E-state index in [-0.39, 0.29) is 17.7 Å². The van der Waals surface area contributed by atoms with Crippen LogP contribution in [0.1, 0.15) is 49.1 Å². The molecule has 0 bridgehead atoms. The molecule has 0 radical (unpaired) electrons. The maximum Gasteiger partial charge on any atom is 0.198 e. The molecule has 0 saturated carbocycles. The Balaban J connectivity index is 1.89. The summed E-state index contributed by atoms with van der Waals surface area (Å²) in [6.45, 7) is 0. The highest BCUT2D eigenvalue weighted by molar-refractivity contribution is 6.29. The fourth-order valence-electron chi connectivity index (χ4n) is 3.81. The van der Waals surface area contributed by atoms with Crippen molar-refractivity contribution in [2.24, 2.45) is 0 Å². The van der Waals surface area contributed by atoms with Gasteiger partial charge in [-0.1, -0.05) is 60.7 Å². The van der Waals surface area contributed by atoms with Crippen LogP contribution in [0.5, 0.6) is 5.75 Å². The third kappa shape index (κ3) is 2.92. The second-order valence-electron chi connectivity index (χ2n) is 6.72. The number of benzene rings is 3. The number of fused-ring (bicyclic) bond motifs is 2. The maximum atomic E-state index is 13.4. The molecule has 1 unspecified atom stereocenters. The minimum absolute atomic E-state index is 0.172. The highest BCUT2D eigenvalue weighted by Crippen LogP contribution is 2.38. The smallest absolute Gasteiger partial charge is 0.198 e. The lowest BCUT2D eigenvalue weighted by molar-refractivity contribution is 0.0934. The van der Waals surface area contributed by atoms with Gasteiger partial charge in [0.15, 0.2) is 11.6 Å². The predicted octanol–water partition coefficient (Wildman–Crippen LogP) is 4.40. The van der Waals surface area contributed by atoms with Crippen LogP contribution in [0, 0.1) is 0 Å². The Kier molecular flexibility index (Phi) is 4.80. The summed E-state index contributed by atoms with van der Waals surface area (Å²) in [5, 5.41) is 0. The molecule has 0 heterocycles. The van der Waals surface area contributed by atoms with E-state index in [1.807, 2.05) is 36.4 Å². The number of carbonyl (C=O) groups is 2. The van der Waals surface area contributed by atoms with E-state index in [0.717, 1.165) is 5.56 Å². The summed E-state index contributed by atoms with van der Waals surface area (Å²) in [4.78, 5) is 26.5. The van der Waals surface area contributed by atoms with Gasteiger partial charge in [-0.05, 0) is 17.2 Å². The summed E-state index contributed by atoms with van der Waals surface area (Å²) in [7, 11) is 3.12. The molecular weight excluding hydrogens is 352 g/mol. The first-order valence-electron chi connectivity index (χ1n) is 9.11. The molecule has 1 atom stereocenters. The lowest BCUT2D eigenvalue weighted by Gasteiger charge is -2.25. The molecule has 0 amide bonds. The van der Waals surface area contributed by atoms with Gasteiger partial charge < -0.3 is 9.47 Å². The lowest BCUT2D eigenvalue weighted by Crippen LogP contribution is -2.25. The normalized spacial score (nSPS) is 13.6. The molecule has 0 spiro atoms. The molecule has 28 heavy (non-hydrogen) atoms. The van der Waals surface area contributed by atoms with Gasteiger partial charge in [0.2, 0.25) is 0 Å². The minimum Gasteiger partial charge on any atom is -0.496 e. The molecule has 3 aromatic rings. The van der Waals surface area contributed by atoms with Gasteiger partial charge in [0.25, 0.3) is 0 Å². The fraction of sp³-hybridized carbons (Fsp3) is 0.167. The SMILES string of the molecule is COc1ccc(C(Cc2ccccc2)OC)c2c1C(=O)c1ccccc1C2=O. The summed E-state index contributed by atoms with van der Waals surface area (Å²) < 4.78 is 11.2. The van der Waals surface area contributed by atoms with Gasteiger partial charge in [0.1, 0.15) is 5.75 Å². The van der Waals surface area contributed by atoms with Crippen molar-refractivity contribution in [1.29, 1.82) is 0 Å². The van der Waals surface area contributed by atoms with Crippen molar-refractivity contribution < 1.29 is 19.1 Å². The van der Waals surface area contributed by atoms with Crippen LogP contribution in [0.2, 0.25) is 0 Å². The number of hydrogen-bond donors (Lipinski definition) is 0. The Hall–Kier alpha value is -3.24. The van der Waals surface area contributed by atoms with Crippen molar-refractivity contribution in [3.8, 4) is 5.75 Å². The predicted molar refractivity (Wildman–Crippen MR) is 106 cm³/mol. The molecule has 3 aromatic carbocycles. The van der Waals surface area contributed by atoms with Crippen LogP contribution in [0.3, 0.4) is 0 Å². The van der Waals surface area contributed by atoms with E-state index >= 15 is 0 Å². The van der Waals surface area contributed by atoms with Gasteiger partial charge in [0.05, 0.1) is 18.8 Å². The Morgan fingerprint density at radius 3 is 1.96 bits per heavy atom. The van der Waals surface area contributed by atoms with Crippen LogP contribution < -0.4 is 4.74 Å². The van der Waals surface area contributed by atoms with E-state index in [1.54, 1.807) is 37.4 Å². The molecule has 4 nitrogen and oxygen atoms in total. The zero-order valence-electron chi connectivity index (χ0n) is 15.8. The highest BCUT2D eigenvalue weighted by Gasteiger charge is 2.35. The largest absolute Gasteiger partial charge is 0.496 e. The fourth-order valence-corrected chi connectivity index (χ4v) is 3.81. The average Bonchev–Trinajstić information content (AvgIpc) is 2.75. The zero-order valence-corrected chi connectivity index (χ0v) is 15.8. The molecule has 4 heteroatoms. The average molecular weight is 372 g/mol. The number of ether oxygens (including phenoxy) is 2. The summed E-state index contributed by atoms with van der Waals surface area (Å²) >= 11 is 0. The van der Waals surface area contributed by atoms with Crippen LogP contribution in [0.15, 0.2) is 66.7 Å². The number of hydrogen-bond acceptors (Lipinski definition) is 4. The van der Waals surface area contributed by atoms with Gasteiger partial charge in [-0.15, -0.1) is 0 Å². The first kappa shape index (κ1) is 18.1. The molecule has 1 aliphatic rings. The summed E-state index contributed by atoms with van der Waals surface area (Å²) in [5.74, 6) is 0.0360.